The standard InChI is InChI=1S/C65H121NO5/c1-3-5-7-9-11-13-15-17-19-20-27-31-35-39-43-47-51-55-59-65(70)71-60-56-52-48-44-40-36-32-28-25-23-21-22-24-26-30-34-38-42-46-50-54-58-64(69)66-62(61-67)63(68)57-53-49-45-41-37-33-29-18-16-14-12-10-8-6-4-2/h19-20,36,40,48,52-53,57,62-63,67-68H,3-18,21-35,37-39,41-47,49-51,54-56,58-61H2,1-2H3,(H,66,69)/b20-19-,40-36-,52-48-,57-53+. The van der Waals surface area contributed by atoms with Crippen LogP contribution < -0.4 is 5.32 Å². The highest BCUT2D eigenvalue weighted by molar-refractivity contribution is 5.76. The quantitative estimate of drug-likeness (QED) is 0.0321. The van der Waals surface area contributed by atoms with Gasteiger partial charge in [0.05, 0.1) is 25.4 Å². The highest BCUT2D eigenvalue weighted by Crippen LogP contribution is 2.17. The molecule has 0 radical (unpaired) electrons. The number of hydrogen-bond acceptors (Lipinski definition) is 5. The van der Waals surface area contributed by atoms with Crippen LogP contribution in [0.4, 0.5) is 0 Å². The molecule has 0 bridgehead atoms. The third-order valence-electron chi connectivity index (χ3n) is 14.3. The SMILES string of the molecule is CCCCCCCCC/C=C\CCCCCCCCCC(=O)OCC/C=C\C/C=C\CCCCCCCCCCCCCCCCC(=O)NC(CO)C(O)/C=C/CCCCCCCCCCCCCCC. The summed E-state index contributed by atoms with van der Waals surface area (Å²) in [5.41, 5.74) is 0. The fourth-order valence-corrected chi connectivity index (χ4v) is 9.53. The molecule has 2 atom stereocenters. The van der Waals surface area contributed by atoms with Crippen molar-refractivity contribution < 1.29 is 24.5 Å². The molecular weight excluding hydrogens is 875 g/mol. The van der Waals surface area contributed by atoms with Gasteiger partial charge in [-0.05, 0) is 77.0 Å². The van der Waals surface area contributed by atoms with Gasteiger partial charge in [-0.15, -0.1) is 0 Å². The van der Waals surface area contributed by atoms with Crippen LogP contribution in [0, 0.1) is 0 Å². The Balaban J connectivity index is 3.47. The van der Waals surface area contributed by atoms with Crippen LogP contribution in [0.2, 0.25) is 0 Å². The van der Waals surface area contributed by atoms with Gasteiger partial charge < -0.3 is 20.3 Å². The molecular formula is C65H121NO5. The van der Waals surface area contributed by atoms with Crippen molar-refractivity contribution in [2.45, 2.75) is 341 Å². The van der Waals surface area contributed by atoms with Gasteiger partial charge in [0.2, 0.25) is 5.91 Å². The fourth-order valence-electron chi connectivity index (χ4n) is 9.53. The number of rotatable bonds is 58. The minimum absolute atomic E-state index is 0.0389. The van der Waals surface area contributed by atoms with Crippen LogP contribution in [0.15, 0.2) is 48.6 Å². The molecule has 0 aliphatic rings. The van der Waals surface area contributed by atoms with Crippen LogP contribution >= 0.6 is 0 Å². The van der Waals surface area contributed by atoms with E-state index < -0.39 is 12.1 Å². The van der Waals surface area contributed by atoms with E-state index in [1.807, 2.05) is 6.08 Å². The minimum atomic E-state index is -0.848. The van der Waals surface area contributed by atoms with Gasteiger partial charge in [0.25, 0.3) is 0 Å². The largest absolute Gasteiger partial charge is 0.465 e. The Morgan fingerprint density at radius 2 is 0.704 bits per heavy atom. The number of unbranched alkanes of at least 4 members (excludes halogenated alkanes) is 41. The van der Waals surface area contributed by atoms with E-state index in [0.717, 1.165) is 51.4 Å². The summed E-state index contributed by atoms with van der Waals surface area (Å²) in [6.45, 7) is 4.80. The second-order valence-corrected chi connectivity index (χ2v) is 21.4. The summed E-state index contributed by atoms with van der Waals surface area (Å²) in [6.07, 6.45) is 77.4. The van der Waals surface area contributed by atoms with Gasteiger partial charge in [0, 0.05) is 12.8 Å². The van der Waals surface area contributed by atoms with Gasteiger partial charge in [-0.2, -0.15) is 0 Å². The lowest BCUT2D eigenvalue weighted by Gasteiger charge is -2.20. The summed E-state index contributed by atoms with van der Waals surface area (Å²) in [6, 6.07) is -0.632. The molecule has 0 fully saturated rings. The van der Waals surface area contributed by atoms with Crippen molar-refractivity contribution in [2.24, 2.45) is 0 Å². The molecule has 0 saturated heterocycles. The van der Waals surface area contributed by atoms with Crippen molar-refractivity contribution in [3.05, 3.63) is 48.6 Å². The average molecular weight is 997 g/mol. The molecule has 0 aromatic heterocycles. The number of carbonyl (C=O) groups excluding carboxylic acids is 2. The van der Waals surface area contributed by atoms with Crippen molar-refractivity contribution in [1.82, 2.24) is 5.32 Å². The average Bonchev–Trinajstić information content (AvgIpc) is 3.37. The fraction of sp³-hybridized carbons (Fsp3) is 0.846. The van der Waals surface area contributed by atoms with Crippen LogP contribution in [0.25, 0.3) is 0 Å². The van der Waals surface area contributed by atoms with Gasteiger partial charge in [-0.1, -0.05) is 287 Å². The van der Waals surface area contributed by atoms with E-state index in [0.29, 0.717) is 19.4 Å². The van der Waals surface area contributed by atoms with E-state index in [-0.39, 0.29) is 18.5 Å². The third kappa shape index (κ3) is 57.0. The second-order valence-electron chi connectivity index (χ2n) is 21.4. The molecule has 0 saturated carbocycles. The normalized spacial score (nSPS) is 12.9. The molecule has 0 aromatic carbocycles. The van der Waals surface area contributed by atoms with Crippen molar-refractivity contribution in [3.63, 3.8) is 0 Å². The predicted octanol–water partition coefficient (Wildman–Crippen LogP) is 19.7. The number of allylic oxidation sites excluding steroid dienone is 6. The Hall–Kier alpha value is -2.18. The Morgan fingerprint density at radius 3 is 1.08 bits per heavy atom. The van der Waals surface area contributed by atoms with Crippen LogP contribution in [0.5, 0.6) is 0 Å². The first-order valence-electron chi connectivity index (χ1n) is 31.4. The molecule has 2 unspecified atom stereocenters. The third-order valence-corrected chi connectivity index (χ3v) is 14.3. The molecule has 6 heteroatoms. The van der Waals surface area contributed by atoms with Crippen molar-refractivity contribution in [2.75, 3.05) is 13.2 Å². The Morgan fingerprint density at radius 1 is 0.394 bits per heavy atom. The van der Waals surface area contributed by atoms with Crippen molar-refractivity contribution >= 4 is 11.9 Å². The zero-order valence-electron chi connectivity index (χ0n) is 47.5. The molecule has 0 spiro atoms. The lowest BCUT2D eigenvalue weighted by molar-refractivity contribution is -0.143. The van der Waals surface area contributed by atoms with Gasteiger partial charge >= 0.3 is 5.97 Å². The summed E-state index contributed by atoms with van der Waals surface area (Å²) >= 11 is 0. The highest BCUT2D eigenvalue weighted by atomic mass is 16.5. The predicted molar refractivity (Wildman–Crippen MR) is 310 cm³/mol. The monoisotopic (exact) mass is 996 g/mol. The molecule has 6 nitrogen and oxygen atoms in total. The Bertz CT molecular complexity index is 1190. The first kappa shape index (κ1) is 68.8. The van der Waals surface area contributed by atoms with E-state index in [1.165, 1.54) is 250 Å². The summed E-state index contributed by atoms with van der Waals surface area (Å²) < 4.78 is 5.43. The smallest absolute Gasteiger partial charge is 0.305 e. The van der Waals surface area contributed by atoms with Gasteiger partial charge in [-0.3, -0.25) is 9.59 Å². The van der Waals surface area contributed by atoms with Gasteiger partial charge in [0.1, 0.15) is 0 Å². The topological polar surface area (TPSA) is 95.9 Å². The number of nitrogens with one attached hydrogen (secondary N) is 1. The number of hydrogen-bond donors (Lipinski definition) is 3. The number of amides is 1. The first-order chi connectivity index (χ1) is 35.0. The van der Waals surface area contributed by atoms with E-state index in [1.54, 1.807) is 6.08 Å². The van der Waals surface area contributed by atoms with Crippen molar-refractivity contribution in [3.8, 4) is 0 Å². The molecule has 0 aromatic rings. The van der Waals surface area contributed by atoms with Gasteiger partial charge in [-0.25, -0.2) is 0 Å². The van der Waals surface area contributed by atoms with Crippen LogP contribution in [-0.4, -0.2) is 47.4 Å². The number of aliphatic hydroxyl groups excluding tert-OH is 2. The Kier molecular flexibility index (Phi) is 58.5. The van der Waals surface area contributed by atoms with E-state index in [4.69, 9.17) is 4.74 Å². The maximum Gasteiger partial charge on any atom is 0.305 e. The number of esters is 1. The van der Waals surface area contributed by atoms with Crippen LogP contribution in [0.1, 0.15) is 328 Å². The summed E-state index contributed by atoms with van der Waals surface area (Å²) in [7, 11) is 0. The lowest BCUT2D eigenvalue weighted by atomic mass is 10.0. The second kappa shape index (κ2) is 60.4. The summed E-state index contributed by atoms with van der Waals surface area (Å²) in [5.74, 6) is -0.111. The highest BCUT2D eigenvalue weighted by Gasteiger charge is 2.18. The molecule has 416 valence electrons. The van der Waals surface area contributed by atoms with E-state index >= 15 is 0 Å². The summed E-state index contributed by atoms with van der Waals surface area (Å²) in [5, 5.41) is 23.1. The van der Waals surface area contributed by atoms with E-state index in [2.05, 4.69) is 55.6 Å². The van der Waals surface area contributed by atoms with Gasteiger partial charge in [0.15, 0.2) is 0 Å². The molecule has 0 heterocycles. The maximum atomic E-state index is 12.5. The molecule has 0 aliphatic heterocycles. The molecule has 0 aliphatic carbocycles. The minimum Gasteiger partial charge on any atom is -0.465 e. The van der Waals surface area contributed by atoms with E-state index in [9.17, 15) is 19.8 Å². The number of carbonyl (C=O) groups is 2. The summed E-state index contributed by atoms with van der Waals surface area (Å²) in [4.78, 5) is 24.5. The maximum absolute atomic E-state index is 12.5. The number of aliphatic hydroxyl groups is 2. The zero-order chi connectivity index (χ0) is 51.4. The molecule has 71 heavy (non-hydrogen) atoms. The molecule has 1 amide bonds. The van der Waals surface area contributed by atoms with Crippen LogP contribution in [-0.2, 0) is 14.3 Å². The zero-order valence-corrected chi connectivity index (χ0v) is 47.5. The Labute approximate surface area is 442 Å². The first-order valence-corrected chi connectivity index (χ1v) is 31.4. The van der Waals surface area contributed by atoms with Crippen LogP contribution in [0.3, 0.4) is 0 Å². The lowest BCUT2D eigenvalue weighted by Crippen LogP contribution is -2.45. The molecule has 3 N–H and O–H groups in total. The molecule has 0 rings (SSSR count). The number of ether oxygens (including phenoxy) is 1. The van der Waals surface area contributed by atoms with Crippen molar-refractivity contribution in [1.29, 1.82) is 0 Å².